The molecule has 0 fully saturated rings. The molecular weight excluding hydrogens is 395 g/mol. The monoisotopic (exact) mass is 416 g/mol. The standard InChI is InChI=1S/C24H21FN4O2/c25-20-11-9-17(15-19(20)24-28-27-22-8-2-1-5-13-29(22)24)26-23(30)12-10-18-14-16-6-3-4-7-21(16)31-18/h3-4,6-7,9-12,14-15H,1-2,5,8,13H2,(H,26,30)/b12-10+. The van der Waals surface area contributed by atoms with Gasteiger partial charge in [-0.05, 0) is 49.2 Å². The zero-order valence-corrected chi connectivity index (χ0v) is 16.8. The number of aromatic nitrogens is 3. The number of nitrogens with zero attached hydrogens (tertiary/aromatic N) is 3. The summed E-state index contributed by atoms with van der Waals surface area (Å²) in [5.41, 5.74) is 1.58. The van der Waals surface area contributed by atoms with Crippen LogP contribution in [0.3, 0.4) is 0 Å². The SMILES string of the molecule is O=C(/C=C/c1cc2ccccc2o1)Nc1ccc(F)c(-c2nnc3n2CCCCC3)c1. The largest absolute Gasteiger partial charge is 0.457 e. The van der Waals surface area contributed by atoms with Crippen LogP contribution in [0.15, 0.2) is 59.0 Å². The number of amides is 1. The van der Waals surface area contributed by atoms with E-state index in [0.29, 0.717) is 22.8 Å². The Kier molecular flexibility index (Phi) is 5.08. The molecule has 2 aromatic carbocycles. The van der Waals surface area contributed by atoms with Gasteiger partial charge in [-0.25, -0.2) is 4.39 Å². The van der Waals surface area contributed by atoms with Crippen LogP contribution in [0.25, 0.3) is 28.4 Å². The Bertz CT molecular complexity index is 1250. The number of benzene rings is 2. The van der Waals surface area contributed by atoms with Crippen LogP contribution in [0, 0.1) is 5.82 Å². The minimum absolute atomic E-state index is 0.333. The first-order chi connectivity index (χ1) is 15.2. The molecule has 0 atom stereocenters. The maximum absolute atomic E-state index is 14.6. The minimum atomic E-state index is -0.393. The van der Waals surface area contributed by atoms with Gasteiger partial charge in [0.15, 0.2) is 5.82 Å². The van der Waals surface area contributed by atoms with Gasteiger partial charge in [0, 0.05) is 30.1 Å². The summed E-state index contributed by atoms with van der Waals surface area (Å²) in [6.07, 6.45) is 7.05. The first-order valence-electron chi connectivity index (χ1n) is 10.4. The average Bonchev–Trinajstić information content (AvgIpc) is 3.30. The molecule has 1 aliphatic heterocycles. The number of furan rings is 1. The van der Waals surface area contributed by atoms with E-state index in [1.54, 1.807) is 12.1 Å². The molecule has 0 aliphatic carbocycles. The fourth-order valence-electron chi connectivity index (χ4n) is 3.88. The molecule has 0 radical (unpaired) electrons. The predicted molar refractivity (Wildman–Crippen MR) is 117 cm³/mol. The number of carbonyl (C=O) groups is 1. The molecule has 0 saturated heterocycles. The zero-order valence-electron chi connectivity index (χ0n) is 16.8. The second kappa shape index (κ2) is 8.18. The molecule has 1 N–H and O–H groups in total. The molecule has 6 nitrogen and oxygen atoms in total. The van der Waals surface area contributed by atoms with Crippen molar-refractivity contribution in [3.63, 3.8) is 0 Å². The third kappa shape index (κ3) is 3.99. The van der Waals surface area contributed by atoms with E-state index >= 15 is 0 Å². The molecule has 31 heavy (non-hydrogen) atoms. The van der Waals surface area contributed by atoms with E-state index < -0.39 is 5.82 Å². The van der Waals surface area contributed by atoms with Crippen LogP contribution in [-0.4, -0.2) is 20.7 Å². The number of hydrogen-bond acceptors (Lipinski definition) is 4. The van der Waals surface area contributed by atoms with Crippen LogP contribution >= 0.6 is 0 Å². The summed E-state index contributed by atoms with van der Waals surface area (Å²) in [6.45, 7) is 0.772. The topological polar surface area (TPSA) is 73.0 Å². The number of halogens is 1. The average molecular weight is 416 g/mol. The molecule has 3 heterocycles. The van der Waals surface area contributed by atoms with Gasteiger partial charge in [0.1, 0.15) is 23.0 Å². The van der Waals surface area contributed by atoms with E-state index in [4.69, 9.17) is 4.42 Å². The molecule has 0 spiro atoms. The van der Waals surface area contributed by atoms with E-state index in [2.05, 4.69) is 15.5 Å². The Balaban J connectivity index is 1.35. The molecule has 0 bridgehead atoms. The lowest BCUT2D eigenvalue weighted by atomic mass is 10.1. The van der Waals surface area contributed by atoms with Crippen LogP contribution in [0.5, 0.6) is 0 Å². The number of anilines is 1. The molecule has 7 heteroatoms. The molecule has 4 aromatic rings. The van der Waals surface area contributed by atoms with Gasteiger partial charge in [0.05, 0.1) is 5.56 Å². The third-order valence-electron chi connectivity index (χ3n) is 5.43. The lowest BCUT2D eigenvalue weighted by molar-refractivity contribution is -0.111. The third-order valence-corrected chi connectivity index (χ3v) is 5.43. The van der Waals surface area contributed by atoms with Gasteiger partial charge in [-0.1, -0.05) is 24.6 Å². The Hall–Kier alpha value is -3.74. The summed E-state index contributed by atoms with van der Waals surface area (Å²) in [6, 6.07) is 14.0. The highest BCUT2D eigenvalue weighted by molar-refractivity contribution is 6.02. The van der Waals surface area contributed by atoms with Gasteiger partial charge < -0.3 is 14.3 Å². The molecule has 5 rings (SSSR count). The first kappa shape index (κ1) is 19.2. The number of carbonyl (C=O) groups excluding carboxylic acids is 1. The normalized spacial score (nSPS) is 14.0. The molecule has 156 valence electrons. The molecule has 0 unspecified atom stereocenters. The van der Waals surface area contributed by atoms with Crippen molar-refractivity contribution in [3.05, 3.63) is 72.0 Å². The fraction of sp³-hybridized carbons (Fsp3) is 0.208. The van der Waals surface area contributed by atoms with E-state index in [-0.39, 0.29) is 5.91 Å². The van der Waals surface area contributed by atoms with Crippen LogP contribution in [0.4, 0.5) is 10.1 Å². The van der Waals surface area contributed by atoms with Crippen LogP contribution in [0.2, 0.25) is 0 Å². The van der Waals surface area contributed by atoms with Crippen molar-refractivity contribution in [1.82, 2.24) is 14.8 Å². The van der Waals surface area contributed by atoms with Gasteiger partial charge >= 0.3 is 0 Å². The Morgan fingerprint density at radius 1 is 1.10 bits per heavy atom. The van der Waals surface area contributed by atoms with E-state index in [0.717, 1.165) is 49.0 Å². The number of rotatable bonds is 4. The van der Waals surface area contributed by atoms with Crippen LogP contribution in [0.1, 0.15) is 30.8 Å². The lowest BCUT2D eigenvalue weighted by Crippen LogP contribution is -2.09. The summed E-state index contributed by atoms with van der Waals surface area (Å²) in [5, 5.41) is 12.2. The Morgan fingerprint density at radius 3 is 2.90 bits per heavy atom. The number of fused-ring (bicyclic) bond motifs is 2. The predicted octanol–water partition coefficient (Wildman–Crippen LogP) is 5.21. The smallest absolute Gasteiger partial charge is 0.248 e. The summed E-state index contributed by atoms with van der Waals surface area (Å²) < 4.78 is 22.3. The summed E-state index contributed by atoms with van der Waals surface area (Å²) in [5.74, 6) is 1.24. The quantitative estimate of drug-likeness (QED) is 0.464. The number of para-hydroxylation sites is 1. The summed E-state index contributed by atoms with van der Waals surface area (Å²) >= 11 is 0. The van der Waals surface area contributed by atoms with Crippen molar-refractivity contribution in [1.29, 1.82) is 0 Å². The second-order valence-corrected chi connectivity index (χ2v) is 7.61. The highest BCUT2D eigenvalue weighted by Crippen LogP contribution is 2.27. The molecule has 1 amide bonds. The minimum Gasteiger partial charge on any atom is -0.457 e. The van der Waals surface area contributed by atoms with Crippen molar-refractivity contribution in [2.75, 3.05) is 5.32 Å². The van der Waals surface area contributed by atoms with Gasteiger partial charge in [0.2, 0.25) is 5.91 Å². The van der Waals surface area contributed by atoms with Crippen LogP contribution in [-0.2, 0) is 17.8 Å². The first-order valence-corrected chi connectivity index (χ1v) is 10.4. The summed E-state index contributed by atoms with van der Waals surface area (Å²) in [7, 11) is 0. The maximum Gasteiger partial charge on any atom is 0.248 e. The Labute approximate surface area is 178 Å². The van der Waals surface area contributed by atoms with Crippen molar-refractivity contribution >= 4 is 28.6 Å². The summed E-state index contributed by atoms with van der Waals surface area (Å²) in [4.78, 5) is 12.4. The molecular formula is C24H21FN4O2. The zero-order chi connectivity index (χ0) is 21.2. The van der Waals surface area contributed by atoms with E-state index in [1.807, 2.05) is 34.9 Å². The van der Waals surface area contributed by atoms with Crippen molar-refractivity contribution in [2.45, 2.75) is 32.2 Å². The number of nitrogens with one attached hydrogen (secondary N) is 1. The van der Waals surface area contributed by atoms with Gasteiger partial charge in [-0.2, -0.15) is 0 Å². The molecule has 0 saturated carbocycles. The highest BCUT2D eigenvalue weighted by Gasteiger charge is 2.19. The van der Waals surface area contributed by atoms with Crippen molar-refractivity contribution in [2.24, 2.45) is 0 Å². The van der Waals surface area contributed by atoms with Crippen LogP contribution < -0.4 is 5.32 Å². The van der Waals surface area contributed by atoms with Gasteiger partial charge in [-0.15, -0.1) is 10.2 Å². The molecule has 2 aromatic heterocycles. The second-order valence-electron chi connectivity index (χ2n) is 7.61. The number of hydrogen-bond donors (Lipinski definition) is 1. The van der Waals surface area contributed by atoms with Gasteiger partial charge in [-0.3, -0.25) is 4.79 Å². The van der Waals surface area contributed by atoms with Crippen molar-refractivity contribution in [3.8, 4) is 11.4 Å². The van der Waals surface area contributed by atoms with Gasteiger partial charge in [0.25, 0.3) is 0 Å². The number of aryl methyl sites for hydroxylation is 1. The van der Waals surface area contributed by atoms with E-state index in [1.165, 1.54) is 18.2 Å². The van der Waals surface area contributed by atoms with E-state index in [9.17, 15) is 9.18 Å². The maximum atomic E-state index is 14.6. The fourth-order valence-corrected chi connectivity index (χ4v) is 3.88. The highest BCUT2D eigenvalue weighted by atomic mass is 19.1. The van der Waals surface area contributed by atoms with Crippen molar-refractivity contribution < 1.29 is 13.6 Å². The molecule has 1 aliphatic rings. The lowest BCUT2D eigenvalue weighted by Gasteiger charge is -2.10. The Morgan fingerprint density at radius 2 is 2.00 bits per heavy atom.